The van der Waals surface area contributed by atoms with Gasteiger partial charge in [-0.1, -0.05) is 20.8 Å². The maximum Gasteiger partial charge on any atom is 0.406 e. The van der Waals surface area contributed by atoms with Crippen LogP contribution >= 0.6 is 0 Å². The van der Waals surface area contributed by atoms with Gasteiger partial charge in [0.25, 0.3) is 11.8 Å². The first-order valence-corrected chi connectivity index (χ1v) is 9.18. The monoisotopic (exact) mass is 418 g/mol. The van der Waals surface area contributed by atoms with Gasteiger partial charge in [0.1, 0.15) is 6.54 Å². The van der Waals surface area contributed by atoms with Gasteiger partial charge < -0.3 is 19.7 Å². The topological polar surface area (TPSA) is 67.9 Å². The number of hydrogen-bond acceptors (Lipinski definition) is 4. The number of methoxy groups -OCH3 is 1. The van der Waals surface area contributed by atoms with Crippen molar-refractivity contribution in [1.29, 1.82) is 0 Å². The molecule has 0 aliphatic rings. The molecule has 0 saturated carbocycles. The van der Waals surface area contributed by atoms with E-state index >= 15 is 0 Å². The van der Waals surface area contributed by atoms with E-state index in [1.165, 1.54) is 25.3 Å². The Balaban J connectivity index is 3.03. The van der Waals surface area contributed by atoms with Gasteiger partial charge in [-0.15, -0.1) is 0 Å². The van der Waals surface area contributed by atoms with E-state index in [-0.39, 0.29) is 42.2 Å². The Labute approximate surface area is 169 Å². The third-order valence-electron chi connectivity index (χ3n) is 3.54. The average Bonchev–Trinajstić information content (AvgIpc) is 2.55. The molecule has 1 aromatic carbocycles. The van der Waals surface area contributed by atoms with Gasteiger partial charge in [-0.25, -0.2) is 0 Å². The van der Waals surface area contributed by atoms with E-state index < -0.39 is 24.0 Å². The number of nitrogens with zero attached hydrogens (tertiary/aromatic N) is 1. The van der Waals surface area contributed by atoms with Gasteiger partial charge in [0.2, 0.25) is 0 Å². The fourth-order valence-corrected chi connectivity index (χ4v) is 2.60. The van der Waals surface area contributed by atoms with Crippen LogP contribution in [0.25, 0.3) is 0 Å². The third kappa shape index (κ3) is 9.06. The van der Waals surface area contributed by atoms with Crippen LogP contribution < -0.4 is 14.8 Å². The van der Waals surface area contributed by atoms with E-state index in [0.29, 0.717) is 0 Å². The van der Waals surface area contributed by atoms with Crippen LogP contribution in [0, 0.1) is 5.41 Å². The second-order valence-corrected chi connectivity index (χ2v) is 8.21. The van der Waals surface area contributed by atoms with Crippen molar-refractivity contribution < 1.29 is 32.2 Å². The highest BCUT2D eigenvalue weighted by atomic mass is 19.4. The molecule has 29 heavy (non-hydrogen) atoms. The Morgan fingerprint density at radius 2 is 1.72 bits per heavy atom. The van der Waals surface area contributed by atoms with Crippen molar-refractivity contribution in [2.75, 3.05) is 26.8 Å². The number of halogens is 3. The molecule has 0 spiro atoms. The summed E-state index contributed by atoms with van der Waals surface area (Å²) in [5.74, 6) is -0.736. The summed E-state index contributed by atoms with van der Waals surface area (Å²) in [5, 5.41) is 2.67. The first kappa shape index (κ1) is 24.6. The van der Waals surface area contributed by atoms with Crippen LogP contribution in [0.2, 0.25) is 0 Å². The lowest BCUT2D eigenvalue weighted by atomic mass is 9.95. The molecule has 0 atom stereocenters. The predicted octanol–water partition coefficient (Wildman–Crippen LogP) is 3.65. The van der Waals surface area contributed by atoms with E-state index in [0.717, 1.165) is 4.90 Å². The predicted molar refractivity (Wildman–Crippen MR) is 103 cm³/mol. The summed E-state index contributed by atoms with van der Waals surface area (Å²) in [5.41, 5.74) is -0.480. The zero-order chi connectivity index (χ0) is 22.4. The number of hydrogen-bond donors (Lipinski definition) is 1. The zero-order valence-corrected chi connectivity index (χ0v) is 17.6. The fourth-order valence-electron chi connectivity index (χ4n) is 2.60. The lowest BCUT2D eigenvalue weighted by molar-refractivity contribution is -0.142. The van der Waals surface area contributed by atoms with Crippen LogP contribution in [0.1, 0.15) is 45.0 Å². The number of amides is 2. The van der Waals surface area contributed by atoms with E-state index in [1.807, 2.05) is 13.8 Å². The van der Waals surface area contributed by atoms with Crippen LogP contribution in [-0.4, -0.2) is 55.7 Å². The maximum absolute atomic E-state index is 13.0. The summed E-state index contributed by atoms with van der Waals surface area (Å²) in [6.07, 6.45) is -4.52. The largest absolute Gasteiger partial charge is 0.493 e. The van der Waals surface area contributed by atoms with E-state index in [2.05, 4.69) is 5.32 Å². The van der Waals surface area contributed by atoms with Gasteiger partial charge in [-0.2, -0.15) is 13.2 Å². The van der Waals surface area contributed by atoms with Crippen molar-refractivity contribution in [3.05, 3.63) is 23.8 Å². The smallest absolute Gasteiger partial charge is 0.406 e. The molecule has 0 heterocycles. The quantitative estimate of drug-likeness (QED) is 0.700. The first-order valence-electron chi connectivity index (χ1n) is 9.18. The number of rotatable bonds is 8. The van der Waals surface area contributed by atoms with Crippen molar-refractivity contribution in [1.82, 2.24) is 10.2 Å². The normalized spacial score (nSPS) is 11.9. The number of ether oxygens (including phenoxy) is 2. The van der Waals surface area contributed by atoms with Gasteiger partial charge in [0.15, 0.2) is 18.1 Å². The van der Waals surface area contributed by atoms with Crippen molar-refractivity contribution in [2.45, 2.75) is 46.8 Å². The molecular formula is C20H29F3N2O4. The molecule has 0 bridgehead atoms. The Kier molecular flexibility index (Phi) is 8.35. The minimum Gasteiger partial charge on any atom is -0.493 e. The first-order chi connectivity index (χ1) is 13.2. The summed E-state index contributed by atoms with van der Waals surface area (Å²) in [6.45, 7) is 7.20. The molecule has 0 aliphatic heterocycles. The van der Waals surface area contributed by atoms with Crippen molar-refractivity contribution >= 4 is 11.8 Å². The molecule has 2 amide bonds. The molecule has 0 aromatic heterocycles. The van der Waals surface area contributed by atoms with Crippen LogP contribution in [0.5, 0.6) is 11.5 Å². The lowest BCUT2D eigenvalue weighted by Gasteiger charge is -2.31. The standard InChI is InChI=1S/C20H29F3N2O4/c1-13(2)24-17(26)10-29-15-8-7-14(9-16(15)28-6)18(27)25(11-19(3,4)5)12-20(21,22)23/h7-9,13H,10-12H2,1-6H3,(H,24,26). The maximum atomic E-state index is 13.0. The van der Waals surface area contributed by atoms with E-state index in [9.17, 15) is 22.8 Å². The molecule has 0 fully saturated rings. The minimum atomic E-state index is -4.52. The number of carbonyl (C=O) groups is 2. The SMILES string of the molecule is COc1cc(C(=O)N(CC(C)(C)C)CC(F)(F)F)ccc1OCC(=O)NC(C)C. The summed E-state index contributed by atoms with van der Waals surface area (Å²) < 4.78 is 49.5. The van der Waals surface area contributed by atoms with Crippen LogP contribution in [0.15, 0.2) is 18.2 Å². The molecule has 1 rings (SSSR count). The second kappa shape index (κ2) is 9.84. The Morgan fingerprint density at radius 3 is 2.21 bits per heavy atom. The van der Waals surface area contributed by atoms with Crippen molar-refractivity contribution in [3.8, 4) is 11.5 Å². The second-order valence-electron chi connectivity index (χ2n) is 8.21. The fraction of sp³-hybridized carbons (Fsp3) is 0.600. The van der Waals surface area contributed by atoms with E-state index in [4.69, 9.17) is 9.47 Å². The summed E-state index contributed by atoms with van der Waals surface area (Å²) in [4.78, 5) is 25.2. The number of alkyl halides is 3. The Bertz CT molecular complexity index is 697. The molecule has 6 nitrogen and oxygen atoms in total. The van der Waals surface area contributed by atoms with Gasteiger partial charge in [0, 0.05) is 18.2 Å². The zero-order valence-electron chi connectivity index (χ0n) is 17.6. The molecule has 164 valence electrons. The highest BCUT2D eigenvalue weighted by Crippen LogP contribution is 2.30. The van der Waals surface area contributed by atoms with E-state index in [1.54, 1.807) is 20.8 Å². The Morgan fingerprint density at radius 1 is 1.10 bits per heavy atom. The molecule has 0 radical (unpaired) electrons. The van der Waals surface area contributed by atoms with Gasteiger partial charge in [-0.05, 0) is 37.5 Å². The minimum absolute atomic E-state index is 0.0364. The van der Waals surface area contributed by atoms with Crippen molar-refractivity contribution in [2.24, 2.45) is 5.41 Å². The molecule has 9 heteroatoms. The van der Waals surface area contributed by atoms with Gasteiger partial charge in [0.05, 0.1) is 7.11 Å². The average molecular weight is 418 g/mol. The third-order valence-corrected chi connectivity index (χ3v) is 3.54. The van der Waals surface area contributed by atoms with Crippen LogP contribution in [0.4, 0.5) is 13.2 Å². The van der Waals surface area contributed by atoms with Crippen LogP contribution in [-0.2, 0) is 4.79 Å². The number of carbonyl (C=O) groups excluding carboxylic acids is 2. The highest BCUT2D eigenvalue weighted by molar-refractivity contribution is 5.95. The molecule has 1 aromatic rings. The van der Waals surface area contributed by atoms with Crippen LogP contribution in [0.3, 0.4) is 0 Å². The lowest BCUT2D eigenvalue weighted by Crippen LogP contribution is -2.43. The molecule has 0 unspecified atom stereocenters. The highest BCUT2D eigenvalue weighted by Gasteiger charge is 2.35. The van der Waals surface area contributed by atoms with Gasteiger partial charge >= 0.3 is 6.18 Å². The molecule has 1 N–H and O–H groups in total. The molecule has 0 aliphatic carbocycles. The molecule has 0 saturated heterocycles. The number of benzene rings is 1. The van der Waals surface area contributed by atoms with Gasteiger partial charge in [-0.3, -0.25) is 9.59 Å². The summed E-state index contributed by atoms with van der Waals surface area (Å²) in [7, 11) is 1.34. The summed E-state index contributed by atoms with van der Waals surface area (Å²) >= 11 is 0. The van der Waals surface area contributed by atoms with Crippen molar-refractivity contribution in [3.63, 3.8) is 0 Å². The Hall–Kier alpha value is -2.45. The molecular weight excluding hydrogens is 389 g/mol. The number of nitrogens with one attached hydrogen (secondary N) is 1. The summed E-state index contributed by atoms with van der Waals surface area (Å²) in [6, 6.07) is 4.02.